The molecule has 1 aromatic carbocycles. The second-order valence-electron chi connectivity index (χ2n) is 9.76. The molecule has 0 saturated heterocycles. The first kappa shape index (κ1) is 22.6. The van der Waals surface area contributed by atoms with Crippen molar-refractivity contribution < 1.29 is 14.1 Å². The highest BCUT2D eigenvalue weighted by Gasteiger charge is 2.49. The Kier molecular flexibility index (Phi) is 5.58. The number of nitrogens with one attached hydrogen (secondary N) is 1. The topological polar surface area (TPSA) is 76.4 Å². The van der Waals surface area contributed by atoms with Gasteiger partial charge in [0, 0.05) is 30.3 Å². The normalized spacial score (nSPS) is 17.4. The Morgan fingerprint density at radius 3 is 2.63 bits per heavy atom. The zero-order chi connectivity index (χ0) is 24.2. The monoisotopic (exact) mass is 506 g/mol. The van der Waals surface area contributed by atoms with Gasteiger partial charge in [-0.15, -0.1) is 22.7 Å². The number of hydrogen-bond acceptors (Lipinski definition) is 6. The van der Waals surface area contributed by atoms with E-state index in [9.17, 15) is 9.59 Å². The molecule has 0 aliphatic heterocycles. The van der Waals surface area contributed by atoms with Gasteiger partial charge in [-0.05, 0) is 25.3 Å². The summed E-state index contributed by atoms with van der Waals surface area (Å²) in [5.74, 6) is 0.401. The summed E-state index contributed by atoms with van der Waals surface area (Å²) in [5.41, 5.74) is 2.92. The Bertz CT molecular complexity index is 1410. The van der Waals surface area contributed by atoms with Crippen molar-refractivity contribution in [1.29, 1.82) is 0 Å². The van der Waals surface area contributed by atoms with Crippen LogP contribution in [0.2, 0.25) is 0 Å². The van der Waals surface area contributed by atoms with Crippen LogP contribution in [0.3, 0.4) is 0 Å². The van der Waals surface area contributed by atoms with E-state index in [1.165, 1.54) is 11.3 Å². The highest BCUT2D eigenvalue weighted by molar-refractivity contribution is 7.15. The lowest BCUT2D eigenvalue weighted by atomic mass is 10.1. The SMILES string of the molecule is Cc1nc2sccn2c1C(=O)NCC[N+](C)(C(=O)c1nc(C2CC2)sc1-c1ccccc1)C1CC1. The minimum Gasteiger partial charge on any atom is -0.345 e. The number of quaternary nitrogens is 1. The first-order valence-electron chi connectivity index (χ1n) is 12.1. The lowest BCUT2D eigenvalue weighted by molar-refractivity contribution is -0.838. The summed E-state index contributed by atoms with van der Waals surface area (Å²) in [4.78, 5) is 38.3. The number of imidazole rings is 1. The number of benzene rings is 1. The van der Waals surface area contributed by atoms with Gasteiger partial charge in [0.25, 0.3) is 5.91 Å². The average Bonchev–Trinajstić information content (AvgIpc) is 3.77. The lowest BCUT2D eigenvalue weighted by Crippen LogP contribution is -2.54. The number of carbonyl (C=O) groups excluding carboxylic acids is 2. The van der Waals surface area contributed by atoms with Crippen molar-refractivity contribution >= 4 is 39.4 Å². The Balaban J connectivity index is 1.24. The molecular weight excluding hydrogens is 478 g/mol. The molecule has 2 aliphatic rings. The van der Waals surface area contributed by atoms with Crippen LogP contribution in [0.5, 0.6) is 0 Å². The fourth-order valence-corrected chi connectivity index (χ4v) is 6.75. The third kappa shape index (κ3) is 4.11. The number of aromatic nitrogens is 3. The second-order valence-corrected chi connectivity index (χ2v) is 11.7. The van der Waals surface area contributed by atoms with E-state index in [4.69, 9.17) is 4.98 Å². The summed E-state index contributed by atoms with van der Waals surface area (Å²) in [5, 5.41) is 6.06. The fourth-order valence-electron chi connectivity index (χ4n) is 4.76. The first-order chi connectivity index (χ1) is 17.0. The average molecular weight is 507 g/mol. The van der Waals surface area contributed by atoms with Crippen molar-refractivity contribution in [3.05, 3.63) is 64.0 Å². The molecular formula is C26H28N5O2S2+. The van der Waals surface area contributed by atoms with Crippen LogP contribution in [0.1, 0.15) is 63.3 Å². The second kappa shape index (κ2) is 8.65. The molecule has 2 aliphatic carbocycles. The molecule has 2 amide bonds. The molecule has 3 heterocycles. The highest BCUT2D eigenvalue weighted by Crippen LogP contribution is 2.46. The smallest absolute Gasteiger partial charge is 0.345 e. The van der Waals surface area contributed by atoms with Crippen LogP contribution in [0.15, 0.2) is 41.9 Å². The van der Waals surface area contributed by atoms with E-state index in [2.05, 4.69) is 22.4 Å². The molecule has 2 fully saturated rings. The minimum absolute atomic E-state index is 0.0597. The van der Waals surface area contributed by atoms with Crippen molar-refractivity contribution in [3.63, 3.8) is 0 Å². The van der Waals surface area contributed by atoms with Crippen molar-refractivity contribution in [2.24, 2.45) is 0 Å². The molecule has 3 aromatic heterocycles. The van der Waals surface area contributed by atoms with Crippen molar-refractivity contribution in [2.75, 3.05) is 20.1 Å². The van der Waals surface area contributed by atoms with Gasteiger partial charge in [0.2, 0.25) is 0 Å². The van der Waals surface area contributed by atoms with Gasteiger partial charge in [-0.3, -0.25) is 13.7 Å². The molecule has 1 N–H and O–H groups in total. The van der Waals surface area contributed by atoms with Crippen LogP contribution < -0.4 is 5.32 Å². The number of aryl methyl sites for hydroxylation is 1. The number of amides is 2. The molecule has 35 heavy (non-hydrogen) atoms. The first-order valence-corrected chi connectivity index (χ1v) is 13.8. The number of hydrogen-bond donors (Lipinski definition) is 1. The van der Waals surface area contributed by atoms with Gasteiger partial charge in [0.15, 0.2) is 10.7 Å². The van der Waals surface area contributed by atoms with E-state index in [0.717, 1.165) is 46.1 Å². The Morgan fingerprint density at radius 1 is 1.14 bits per heavy atom. The zero-order valence-electron chi connectivity index (χ0n) is 19.9. The standard InChI is InChI=1S/C26H27N5O2S2/c1-16-21(30-13-15-34-26(30)28-16)23(32)27-12-14-31(2,19-10-11-19)25(33)20-22(17-6-4-3-5-7-17)35-24(29-20)18-8-9-18/h3-7,13,15,18-19H,8-12,14H2,1-2H3/p+1. The van der Waals surface area contributed by atoms with E-state index >= 15 is 0 Å². The summed E-state index contributed by atoms with van der Waals surface area (Å²) in [6, 6.07) is 10.4. The maximum Gasteiger partial charge on any atom is 0.366 e. The molecule has 7 nitrogen and oxygen atoms in total. The van der Waals surface area contributed by atoms with Crippen LogP contribution in [0.25, 0.3) is 15.4 Å². The van der Waals surface area contributed by atoms with Gasteiger partial charge in [-0.2, -0.15) is 0 Å². The van der Waals surface area contributed by atoms with E-state index in [1.54, 1.807) is 11.3 Å². The maximum absolute atomic E-state index is 14.1. The van der Waals surface area contributed by atoms with Crippen molar-refractivity contribution in [1.82, 2.24) is 19.7 Å². The number of rotatable bonds is 8. The van der Waals surface area contributed by atoms with Crippen LogP contribution in [0, 0.1) is 6.92 Å². The van der Waals surface area contributed by atoms with Gasteiger partial charge >= 0.3 is 5.91 Å². The molecule has 1 atom stereocenters. The highest BCUT2D eigenvalue weighted by atomic mass is 32.1. The third-order valence-corrected chi connectivity index (χ3v) is 9.16. The third-order valence-electron chi connectivity index (χ3n) is 7.14. The Labute approximate surface area is 212 Å². The quantitative estimate of drug-likeness (QED) is 0.346. The van der Waals surface area contributed by atoms with Gasteiger partial charge in [-0.1, -0.05) is 30.3 Å². The van der Waals surface area contributed by atoms with E-state index < -0.39 is 0 Å². The lowest BCUT2D eigenvalue weighted by Gasteiger charge is -2.31. The molecule has 0 radical (unpaired) electrons. The fraction of sp³-hybridized carbons (Fsp3) is 0.385. The molecule has 6 rings (SSSR count). The number of likely N-dealkylation sites (N-methyl/N-ethyl adjacent to an activating group) is 1. The predicted octanol–water partition coefficient (Wildman–Crippen LogP) is 4.88. The van der Waals surface area contributed by atoms with Gasteiger partial charge in [0.05, 0.1) is 35.2 Å². The molecule has 2 saturated carbocycles. The zero-order valence-corrected chi connectivity index (χ0v) is 21.5. The number of thiazole rings is 2. The molecule has 1 unspecified atom stereocenters. The van der Waals surface area contributed by atoms with Crippen LogP contribution >= 0.6 is 22.7 Å². The van der Waals surface area contributed by atoms with Crippen LogP contribution in [0.4, 0.5) is 0 Å². The predicted molar refractivity (Wildman–Crippen MR) is 138 cm³/mol. The summed E-state index contributed by atoms with van der Waals surface area (Å²) in [6.45, 7) is 2.80. The van der Waals surface area contributed by atoms with E-state index in [1.807, 2.05) is 48.1 Å². The molecule has 0 spiro atoms. The Morgan fingerprint density at radius 2 is 1.91 bits per heavy atom. The minimum atomic E-state index is -0.155. The van der Waals surface area contributed by atoms with Gasteiger partial charge < -0.3 is 5.32 Å². The number of fused-ring (bicyclic) bond motifs is 1. The van der Waals surface area contributed by atoms with Gasteiger partial charge in [0.1, 0.15) is 12.2 Å². The Hall–Kier alpha value is -2.88. The summed E-state index contributed by atoms with van der Waals surface area (Å²) >= 11 is 3.18. The van der Waals surface area contributed by atoms with Crippen molar-refractivity contribution in [3.8, 4) is 10.4 Å². The van der Waals surface area contributed by atoms with Crippen LogP contribution in [-0.2, 0) is 0 Å². The summed E-state index contributed by atoms with van der Waals surface area (Å²) < 4.78 is 2.10. The summed E-state index contributed by atoms with van der Waals surface area (Å²) in [6.07, 6.45) is 6.22. The maximum atomic E-state index is 14.1. The van der Waals surface area contributed by atoms with Crippen LogP contribution in [-0.4, -0.2) is 56.8 Å². The van der Waals surface area contributed by atoms with E-state index in [-0.39, 0.29) is 22.3 Å². The molecule has 0 bridgehead atoms. The summed E-state index contributed by atoms with van der Waals surface area (Å²) in [7, 11) is 2.01. The van der Waals surface area contributed by atoms with Crippen molar-refractivity contribution in [2.45, 2.75) is 44.6 Å². The molecule has 9 heteroatoms. The number of nitrogens with zero attached hydrogens (tertiary/aromatic N) is 4. The molecule has 4 aromatic rings. The van der Waals surface area contributed by atoms with Gasteiger partial charge in [-0.25, -0.2) is 14.8 Å². The molecule has 180 valence electrons. The number of carbonyl (C=O) groups is 2. The van der Waals surface area contributed by atoms with E-state index in [0.29, 0.717) is 36.1 Å². The largest absolute Gasteiger partial charge is 0.366 e.